The summed E-state index contributed by atoms with van der Waals surface area (Å²) in [6, 6.07) is 20.7. The first-order valence-corrected chi connectivity index (χ1v) is 10.9. The number of rotatable bonds is 7. The molecule has 3 rings (SSSR count). The standard InChI is InChI=1S/C22H21ClN2O3S/c1-16-15-18(22(26)24-14-13-17-5-3-2-4-6-17)7-12-21(16)25-29(27,28)20-10-8-19(23)9-11-20/h2-12,15,25H,13-14H2,1H3,(H,24,26). The number of nitrogens with one attached hydrogen (secondary N) is 2. The Hall–Kier alpha value is -2.83. The summed E-state index contributed by atoms with van der Waals surface area (Å²) in [5, 5.41) is 3.34. The van der Waals surface area contributed by atoms with Crippen molar-refractivity contribution in [2.24, 2.45) is 0 Å². The minimum Gasteiger partial charge on any atom is -0.352 e. The SMILES string of the molecule is Cc1cc(C(=O)NCCc2ccccc2)ccc1NS(=O)(=O)c1ccc(Cl)cc1. The molecule has 0 spiro atoms. The quantitative estimate of drug-likeness (QED) is 0.584. The lowest BCUT2D eigenvalue weighted by atomic mass is 10.1. The van der Waals surface area contributed by atoms with Crippen molar-refractivity contribution in [1.82, 2.24) is 5.32 Å². The van der Waals surface area contributed by atoms with Gasteiger partial charge < -0.3 is 5.32 Å². The molecule has 0 heterocycles. The van der Waals surface area contributed by atoms with Crippen molar-refractivity contribution in [2.45, 2.75) is 18.2 Å². The van der Waals surface area contributed by atoms with Crippen molar-refractivity contribution in [1.29, 1.82) is 0 Å². The third-order valence-corrected chi connectivity index (χ3v) is 6.03. The molecule has 150 valence electrons. The van der Waals surface area contributed by atoms with Crippen LogP contribution < -0.4 is 10.0 Å². The fourth-order valence-electron chi connectivity index (χ4n) is 2.80. The van der Waals surface area contributed by atoms with Crippen molar-refractivity contribution in [3.63, 3.8) is 0 Å². The summed E-state index contributed by atoms with van der Waals surface area (Å²) in [6.07, 6.45) is 0.741. The van der Waals surface area contributed by atoms with E-state index in [1.54, 1.807) is 25.1 Å². The van der Waals surface area contributed by atoms with Crippen molar-refractivity contribution >= 4 is 33.2 Å². The summed E-state index contributed by atoms with van der Waals surface area (Å²) in [5.41, 5.74) is 2.69. The van der Waals surface area contributed by atoms with Gasteiger partial charge in [0, 0.05) is 17.1 Å². The van der Waals surface area contributed by atoms with Crippen LogP contribution in [0.5, 0.6) is 0 Å². The van der Waals surface area contributed by atoms with Gasteiger partial charge in [0.25, 0.3) is 15.9 Å². The van der Waals surface area contributed by atoms with Gasteiger partial charge in [-0.05, 0) is 66.9 Å². The van der Waals surface area contributed by atoms with Gasteiger partial charge in [-0.2, -0.15) is 0 Å². The van der Waals surface area contributed by atoms with Crippen LogP contribution in [0.15, 0.2) is 77.7 Å². The Morgan fingerprint density at radius 2 is 1.66 bits per heavy atom. The van der Waals surface area contributed by atoms with Gasteiger partial charge >= 0.3 is 0 Å². The molecule has 0 aliphatic heterocycles. The Bertz CT molecular complexity index is 1100. The number of carbonyl (C=O) groups is 1. The lowest BCUT2D eigenvalue weighted by Crippen LogP contribution is -2.25. The number of hydrogen-bond acceptors (Lipinski definition) is 3. The van der Waals surface area contributed by atoms with Crippen LogP contribution in [0.3, 0.4) is 0 Å². The highest BCUT2D eigenvalue weighted by Crippen LogP contribution is 2.22. The molecule has 0 aliphatic rings. The van der Waals surface area contributed by atoms with Gasteiger partial charge in [0.05, 0.1) is 10.6 Å². The van der Waals surface area contributed by atoms with E-state index in [2.05, 4.69) is 10.0 Å². The van der Waals surface area contributed by atoms with E-state index >= 15 is 0 Å². The molecule has 29 heavy (non-hydrogen) atoms. The van der Waals surface area contributed by atoms with Gasteiger partial charge in [-0.25, -0.2) is 8.42 Å². The van der Waals surface area contributed by atoms with Crippen LogP contribution in [0.4, 0.5) is 5.69 Å². The molecule has 2 N–H and O–H groups in total. The van der Waals surface area contributed by atoms with E-state index in [-0.39, 0.29) is 10.8 Å². The number of aryl methyl sites for hydroxylation is 1. The molecule has 0 saturated carbocycles. The fourth-order valence-corrected chi connectivity index (χ4v) is 4.06. The zero-order valence-corrected chi connectivity index (χ0v) is 17.4. The summed E-state index contributed by atoms with van der Waals surface area (Å²) >= 11 is 5.81. The van der Waals surface area contributed by atoms with Gasteiger partial charge in [0.2, 0.25) is 0 Å². The second-order valence-corrected chi connectivity index (χ2v) is 8.70. The van der Waals surface area contributed by atoms with Crippen molar-refractivity contribution < 1.29 is 13.2 Å². The highest BCUT2D eigenvalue weighted by atomic mass is 35.5. The smallest absolute Gasteiger partial charge is 0.261 e. The molecule has 5 nitrogen and oxygen atoms in total. The zero-order chi connectivity index (χ0) is 20.9. The Balaban J connectivity index is 1.64. The molecular weight excluding hydrogens is 408 g/mol. The first kappa shape index (κ1) is 20.9. The second-order valence-electron chi connectivity index (χ2n) is 6.58. The molecule has 3 aromatic rings. The van der Waals surface area contributed by atoms with E-state index in [0.29, 0.717) is 28.4 Å². The number of sulfonamides is 1. The predicted molar refractivity (Wildman–Crippen MR) is 116 cm³/mol. The number of anilines is 1. The van der Waals surface area contributed by atoms with Gasteiger partial charge in [0.15, 0.2) is 0 Å². The van der Waals surface area contributed by atoms with E-state index in [4.69, 9.17) is 11.6 Å². The number of hydrogen-bond donors (Lipinski definition) is 2. The number of halogens is 1. The normalized spacial score (nSPS) is 11.1. The monoisotopic (exact) mass is 428 g/mol. The van der Waals surface area contributed by atoms with E-state index in [1.165, 1.54) is 24.3 Å². The lowest BCUT2D eigenvalue weighted by molar-refractivity contribution is 0.0954. The Morgan fingerprint density at radius 1 is 0.966 bits per heavy atom. The predicted octanol–water partition coefficient (Wildman–Crippen LogP) is 4.42. The van der Waals surface area contributed by atoms with Gasteiger partial charge in [0.1, 0.15) is 0 Å². The van der Waals surface area contributed by atoms with Gasteiger partial charge in [-0.3, -0.25) is 9.52 Å². The van der Waals surface area contributed by atoms with E-state index in [9.17, 15) is 13.2 Å². The summed E-state index contributed by atoms with van der Waals surface area (Å²) in [7, 11) is -3.74. The Labute approximate surface area is 175 Å². The molecule has 0 aromatic heterocycles. The maximum Gasteiger partial charge on any atom is 0.261 e. The summed E-state index contributed by atoms with van der Waals surface area (Å²) in [5.74, 6) is -0.198. The molecule has 0 radical (unpaired) electrons. The molecule has 0 aliphatic carbocycles. The average Bonchev–Trinajstić information content (AvgIpc) is 2.70. The number of carbonyl (C=O) groups excluding carboxylic acids is 1. The zero-order valence-electron chi connectivity index (χ0n) is 15.9. The molecule has 7 heteroatoms. The summed E-state index contributed by atoms with van der Waals surface area (Å²) in [4.78, 5) is 12.5. The molecule has 3 aromatic carbocycles. The van der Waals surface area contributed by atoms with Crippen molar-refractivity contribution in [3.05, 3.63) is 94.5 Å². The first-order chi connectivity index (χ1) is 13.8. The molecule has 0 saturated heterocycles. The highest BCUT2D eigenvalue weighted by molar-refractivity contribution is 7.92. The van der Waals surface area contributed by atoms with Crippen LogP contribution in [-0.2, 0) is 16.4 Å². The lowest BCUT2D eigenvalue weighted by Gasteiger charge is -2.12. The highest BCUT2D eigenvalue weighted by Gasteiger charge is 2.16. The van der Waals surface area contributed by atoms with Gasteiger partial charge in [-0.15, -0.1) is 0 Å². The van der Waals surface area contributed by atoms with Crippen LogP contribution in [0.25, 0.3) is 0 Å². The van der Waals surface area contributed by atoms with E-state index < -0.39 is 10.0 Å². The average molecular weight is 429 g/mol. The third kappa shape index (κ3) is 5.59. The van der Waals surface area contributed by atoms with Crippen LogP contribution in [-0.4, -0.2) is 20.9 Å². The molecule has 0 bridgehead atoms. The van der Waals surface area contributed by atoms with Crippen LogP contribution >= 0.6 is 11.6 Å². The minimum atomic E-state index is -3.74. The molecule has 0 unspecified atom stereocenters. The maximum absolute atomic E-state index is 12.5. The first-order valence-electron chi connectivity index (χ1n) is 9.06. The third-order valence-electron chi connectivity index (χ3n) is 4.40. The second kappa shape index (κ2) is 9.11. The Morgan fingerprint density at radius 3 is 2.31 bits per heavy atom. The molecule has 0 atom stereocenters. The summed E-state index contributed by atoms with van der Waals surface area (Å²) < 4.78 is 27.6. The van der Waals surface area contributed by atoms with E-state index in [0.717, 1.165) is 12.0 Å². The molecule has 1 amide bonds. The minimum absolute atomic E-state index is 0.115. The van der Waals surface area contributed by atoms with Crippen LogP contribution in [0.2, 0.25) is 5.02 Å². The van der Waals surface area contributed by atoms with Crippen LogP contribution in [0.1, 0.15) is 21.5 Å². The largest absolute Gasteiger partial charge is 0.352 e. The van der Waals surface area contributed by atoms with Gasteiger partial charge in [-0.1, -0.05) is 41.9 Å². The maximum atomic E-state index is 12.5. The number of amides is 1. The topological polar surface area (TPSA) is 75.3 Å². The summed E-state index contributed by atoms with van der Waals surface area (Å²) in [6.45, 7) is 2.27. The molecular formula is C22H21ClN2O3S. The van der Waals surface area contributed by atoms with Crippen LogP contribution in [0, 0.1) is 6.92 Å². The van der Waals surface area contributed by atoms with Crippen molar-refractivity contribution in [2.75, 3.05) is 11.3 Å². The Kier molecular flexibility index (Phi) is 6.56. The van der Waals surface area contributed by atoms with Crippen molar-refractivity contribution in [3.8, 4) is 0 Å². The fraction of sp³-hybridized carbons (Fsp3) is 0.136. The van der Waals surface area contributed by atoms with E-state index in [1.807, 2.05) is 30.3 Å². The molecule has 0 fully saturated rings. The number of benzene rings is 3.